The summed E-state index contributed by atoms with van der Waals surface area (Å²) in [5, 5.41) is 28.5. The topological polar surface area (TPSA) is 148 Å². The zero-order valence-electron chi connectivity index (χ0n) is 34.0. The third kappa shape index (κ3) is 5.29. The highest BCUT2D eigenvalue weighted by atomic mass is 16.5. The molecule has 8 atom stereocenters. The molecule has 4 saturated carbocycles. The summed E-state index contributed by atoms with van der Waals surface area (Å²) in [6.45, 7) is 19.6. The molecule has 7 rings (SSSR count). The molecule has 10 heteroatoms. The van der Waals surface area contributed by atoms with Crippen LogP contribution in [0.5, 0.6) is 0 Å². The maximum Gasteiger partial charge on any atom is 0.309 e. The van der Waals surface area contributed by atoms with Crippen molar-refractivity contribution < 1.29 is 24.2 Å². The number of carbonyl (C=O) groups excluding carboxylic acids is 2. The smallest absolute Gasteiger partial charge is 0.309 e. The first-order chi connectivity index (χ1) is 25.2. The fourth-order valence-electron chi connectivity index (χ4n) is 13.3. The van der Waals surface area contributed by atoms with E-state index in [4.69, 9.17) is 9.84 Å². The fraction of sp³-hybridized carbons (Fsp3) is 0.705. The van der Waals surface area contributed by atoms with Crippen LogP contribution in [0.15, 0.2) is 29.5 Å². The molecule has 0 aromatic carbocycles. The number of carboxylic acids is 1. The minimum Gasteiger partial charge on any atom is -0.481 e. The number of ether oxygens (including phenoxy) is 1. The Hall–Kier alpha value is -3.87. The predicted molar refractivity (Wildman–Crippen MR) is 204 cm³/mol. The number of fused-ring (bicyclic) bond motifs is 7. The summed E-state index contributed by atoms with van der Waals surface area (Å²) in [5.74, 6) is 1.48. The SMILES string of the molecule is CC(C)C1=C2[C@H]3CC[C@@H]4[C@@]5(C)CC[C@H](OC(=O)CC(C)(C)C(=O)O)C(C)(C)[C@@H]5CC[C@@]4(C)[C@]3(C)CC[C@@]2(c2nnc(-c3ccc(C#N)cn3)n2C)CC1=O. The van der Waals surface area contributed by atoms with Gasteiger partial charge in [0.2, 0.25) is 0 Å². The lowest BCUT2D eigenvalue weighted by molar-refractivity contribution is -0.232. The predicted octanol–water partition coefficient (Wildman–Crippen LogP) is 8.39. The van der Waals surface area contributed by atoms with Crippen LogP contribution in [0.3, 0.4) is 0 Å². The van der Waals surface area contributed by atoms with Gasteiger partial charge in [0.1, 0.15) is 23.7 Å². The van der Waals surface area contributed by atoms with Crippen molar-refractivity contribution >= 4 is 17.7 Å². The zero-order valence-corrected chi connectivity index (χ0v) is 34.0. The van der Waals surface area contributed by atoms with Crippen molar-refractivity contribution in [3.05, 3.63) is 40.9 Å². The lowest BCUT2D eigenvalue weighted by atomic mass is 9.33. The normalized spacial score (nSPS) is 35.8. The van der Waals surface area contributed by atoms with Gasteiger partial charge in [-0.15, -0.1) is 10.2 Å². The molecule has 5 aliphatic rings. The van der Waals surface area contributed by atoms with E-state index in [-0.39, 0.29) is 51.8 Å². The van der Waals surface area contributed by atoms with Gasteiger partial charge in [-0.3, -0.25) is 19.4 Å². The summed E-state index contributed by atoms with van der Waals surface area (Å²) >= 11 is 0. The Morgan fingerprint density at radius 3 is 2.35 bits per heavy atom. The number of hydrogen-bond donors (Lipinski definition) is 1. The lowest BCUT2D eigenvalue weighted by Crippen LogP contribution is -2.66. The molecule has 0 spiro atoms. The van der Waals surface area contributed by atoms with Gasteiger partial charge in [0.15, 0.2) is 11.6 Å². The van der Waals surface area contributed by atoms with Gasteiger partial charge in [-0.05, 0) is 128 Å². The highest BCUT2D eigenvalue weighted by molar-refractivity contribution is 6.01. The molecule has 4 fully saturated rings. The third-order valence-corrected chi connectivity index (χ3v) is 16.2. The van der Waals surface area contributed by atoms with Crippen molar-refractivity contribution in [1.29, 1.82) is 5.26 Å². The van der Waals surface area contributed by atoms with Crippen LogP contribution in [-0.4, -0.2) is 48.7 Å². The Balaban J connectivity index is 1.22. The Morgan fingerprint density at radius 1 is 1.00 bits per heavy atom. The van der Waals surface area contributed by atoms with E-state index >= 15 is 0 Å². The van der Waals surface area contributed by atoms with E-state index in [0.717, 1.165) is 62.8 Å². The maximum atomic E-state index is 14.3. The van der Waals surface area contributed by atoms with E-state index in [1.807, 2.05) is 17.7 Å². The quantitative estimate of drug-likeness (QED) is 0.277. The van der Waals surface area contributed by atoms with Gasteiger partial charge in [-0.2, -0.15) is 5.26 Å². The molecule has 0 radical (unpaired) electrons. The van der Waals surface area contributed by atoms with Gasteiger partial charge in [0, 0.05) is 25.1 Å². The molecule has 0 saturated heterocycles. The molecule has 0 aliphatic heterocycles. The number of ketones is 1. The van der Waals surface area contributed by atoms with Crippen LogP contribution in [0, 0.1) is 62.1 Å². The van der Waals surface area contributed by atoms with Gasteiger partial charge >= 0.3 is 11.9 Å². The molecule has 54 heavy (non-hydrogen) atoms. The molecule has 5 aliphatic carbocycles. The molecule has 0 unspecified atom stereocenters. The number of carbonyl (C=O) groups is 3. The van der Waals surface area contributed by atoms with Gasteiger partial charge < -0.3 is 14.4 Å². The van der Waals surface area contributed by atoms with E-state index in [9.17, 15) is 24.8 Å². The van der Waals surface area contributed by atoms with Crippen LogP contribution in [0.4, 0.5) is 0 Å². The number of nitrogens with zero attached hydrogens (tertiary/aromatic N) is 5. The summed E-state index contributed by atoms with van der Waals surface area (Å²) in [6, 6.07) is 5.70. The van der Waals surface area contributed by atoms with E-state index in [0.29, 0.717) is 35.3 Å². The average molecular weight is 738 g/mol. The van der Waals surface area contributed by atoms with Crippen LogP contribution < -0.4 is 0 Å². The second kappa shape index (κ2) is 12.6. The second-order valence-electron chi connectivity index (χ2n) is 19.9. The van der Waals surface area contributed by atoms with Gasteiger partial charge in [-0.1, -0.05) is 48.5 Å². The molecular weight excluding hydrogens is 679 g/mol. The van der Waals surface area contributed by atoms with Gasteiger partial charge in [0.05, 0.1) is 22.8 Å². The summed E-state index contributed by atoms with van der Waals surface area (Å²) in [4.78, 5) is 43.7. The molecule has 0 amide bonds. The van der Waals surface area contributed by atoms with Crippen LogP contribution in [-0.2, 0) is 31.6 Å². The first-order valence-electron chi connectivity index (χ1n) is 20.1. The number of Topliss-reactive ketones (excluding diaryl/α,β-unsaturated/α-hetero) is 1. The Kier molecular flexibility index (Phi) is 8.94. The van der Waals surface area contributed by atoms with Crippen LogP contribution >= 0.6 is 0 Å². The molecular formula is C44H59N5O5. The average Bonchev–Trinajstić information content (AvgIpc) is 3.63. The molecule has 10 nitrogen and oxygen atoms in total. The Bertz CT molecular complexity index is 1970. The van der Waals surface area contributed by atoms with Crippen molar-refractivity contribution in [2.45, 2.75) is 138 Å². The first kappa shape index (κ1) is 38.4. The van der Waals surface area contributed by atoms with Gasteiger partial charge in [0.25, 0.3) is 0 Å². The Labute approximate surface area is 320 Å². The van der Waals surface area contributed by atoms with Crippen molar-refractivity contribution in [2.75, 3.05) is 0 Å². The van der Waals surface area contributed by atoms with Gasteiger partial charge in [-0.25, -0.2) is 0 Å². The molecule has 2 heterocycles. The number of esters is 1. The first-order valence-corrected chi connectivity index (χ1v) is 20.1. The van der Waals surface area contributed by atoms with Crippen molar-refractivity contribution in [3.63, 3.8) is 0 Å². The number of hydrogen-bond acceptors (Lipinski definition) is 8. The molecule has 0 bridgehead atoms. The summed E-state index contributed by atoms with van der Waals surface area (Å²) in [6.07, 6.45) is 9.37. The molecule has 290 valence electrons. The van der Waals surface area contributed by atoms with Crippen molar-refractivity contribution in [3.8, 4) is 17.6 Å². The zero-order chi connectivity index (χ0) is 39.4. The number of carboxylic acid groups (broad SMARTS) is 1. The highest BCUT2D eigenvalue weighted by Gasteiger charge is 2.71. The molecule has 1 N–H and O–H groups in total. The van der Waals surface area contributed by atoms with E-state index in [2.05, 4.69) is 64.6 Å². The molecule has 2 aromatic rings. The number of allylic oxidation sites excluding steroid dienone is 2. The number of aliphatic carboxylic acids is 1. The maximum absolute atomic E-state index is 14.3. The van der Waals surface area contributed by atoms with E-state index < -0.39 is 22.8 Å². The number of pyridine rings is 1. The van der Waals surface area contributed by atoms with E-state index in [1.54, 1.807) is 26.1 Å². The minimum atomic E-state index is -1.17. The standard InChI is InChI=1S/C44H59N5O5/c1-25(2)34-29(50)21-44(37-48-47-36(49(37)10)28-13-11-26(23-45)24-46-28)20-19-42(8)27(35(34)44)12-14-31-41(7)17-16-32(54-33(51)22-39(3,4)38(52)53)40(5,6)30(41)15-18-43(31,42)9/h11,13,24-25,27,30-32H,12,14-22H2,1-10H3,(H,52,53)/t27-,30+,31-,32+,41+,42-,43-,44-/m1/s1. The molecule has 2 aromatic heterocycles. The summed E-state index contributed by atoms with van der Waals surface area (Å²) < 4.78 is 8.22. The third-order valence-electron chi connectivity index (χ3n) is 16.2. The minimum absolute atomic E-state index is 0.0283. The lowest BCUT2D eigenvalue weighted by Gasteiger charge is -2.72. The number of aromatic nitrogens is 4. The summed E-state index contributed by atoms with van der Waals surface area (Å²) in [5.41, 5.74) is 1.58. The monoisotopic (exact) mass is 737 g/mol. The van der Waals surface area contributed by atoms with Crippen LogP contribution in [0.2, 0.25) is 0 Å². The Morgan fingerprint density at radius 2 is 1.72 bits per heavy atom. The summed E-state index contributed by atoms with van der Waals surface area (Å²) in [7, 11) is 1.99. The fourth-order valence-corrected chi connectivity index (χ4v) is 13.3. The number of rotatable bonds is 7. The highest BCUT2D eigenvalue weighted by Crippen LogP contribution is 2.76. The second-order valence-corrected chi connectivity index (χ2v) is 19.9. The van der Waals surface area contributed by atoms with Crippen LogP contribution in [0.1, 0.15) is 138 Å². The number of nitriles is 1. The van der Waals surface area contributed by atoms with Crippen molar-refractivity contribution in [1.82, 2.24) is 19.7 Å². The van der Waals surface area contributed by atoms with Crippen LogP contribution in [0.25, 0.3) is 11.5 Å². The largest absolute Gasteiger partial charge is 0.481 e. The van der Waals surface area contributed by atoms with E-state index in [1.165, 1.54) is 5.57 Å². The van der Waals surface area contributed by atoms with Crippen molar-refractivity contribution in [2.24, 2.45) is 57.8 Å².